The minimum Gasteiger partial charge on any atom is -0.326 e. The molecule has 1 saturated heterocycles. The SMILES string of the molecule is ClCc1nc2cnccc2n1CCN1CCSCC1. The van der Waals surface area contributed by atoms with E-state index in [4.69, 9.17) is 11.6 Å². The first kappa shape index (κ1) is 13.2. The summed E-state index contributed by atoms with van der Waals surface area (Å²) < 4.78 is 2.23. The van der Waals surface area contributed by atoms with Crippen LogP contribution < -0.4 is 0 Å². The predicted molar refractivity (Wildman–Crippen MR) is 80.9 cm³/mol. The minimum absolute atomic E-state index is 0.449. The zero-order valence-electron chi connectivity index (χ0n) is 10.8. The highest BCUT2D eigenvalue weighted by atomic mass is 35.5. The van der Waals surface area contributed by atoms with Crippen molar-refractivity contribution in [3.05, 3.63) is 24.3 Å². The van der Waals surface area contributed by atoms with Crippen LogP contribution >= 0.6 is 23.4 Å². The van der Waals surface area contributed by atoms with Gasteiger partial charge in [0.25, 0.3) is 0 Å². The lowest BCUT2D eigenvalue weighted by Gasteiger charge is -2.26. The number of hydrogen-bond donors (Lipinski definition) is 0. The molecule has 2 aromatic heterocycles. The first-order valence-corrected chi connectivity index (χ1v) is 8.22. The van der Waals surface area contributed by atoms with E-state index in [-0.39, 0.29) is 0 Å². The first-order chi connectivity index (χ1) is 9.38. The molecule has 2 aromatic rings. The van der Waals surface area contributed by atoms with Gasteiger partial charge in [-0.1, -0.05) is 0 Å². The molecule has 1 aliphatic heterocycles. The maximum Gasteiger partial charge on any atom is 0.124 e. The fraction of sp³-hybridized carbons (Fsp3) is 0.538. The molecular formula is C13H17ClN4S. The zero-order valence-corrected chi connectivity index (χ0v) is 12.3. The van der Waals surface area contributed by atoms with Crippen LogP contribution in [0.1, 0.15) is 5.82 Å². The third-order valence-corrected chi connectivity index (χ3v) is 4.67. The normalized spacial score (nSPS) is 17.1. The van der Waals surface area contributed by atoms with Gasteiger partial charge in [0.1, 0.15) is 11.3 Å². The Hall–Kier alpha value is -0.780. The Labute approximate surface area is 122 Å². The highest BCUT2D eigenvalue weighted by Crippen LogP contribution is 2.17. The van der Waals surface area contributed by atoms with Gasteiger partial charge in [-0.05, 0) is 6.07 Å². The standard InChI is InChI=1S/C13H17ClN4S/c14-9-13-16-11-10-15-2-1-12(11)18(13)4-3-17-5-7-19-8-6-17/h1-2,10H,3-9H2. The van der Waals surface area contributed by atoms with Crippen LogP contribution in [0.3, 0.4) is 0 Å². The van der Waals surface area contributed by atoms with E-state index in [2.05, 4.69) is 19.4 Å². The van der Waals surface area contributed by atoms with Gasteiger partial charge in [-0.25, -0.2) is 4.98 Å². The second-order valence-corrected chi connectivity index (χ2v) is 6.12. The highest BCUT2D eigenvalue weighted by Gasteiger charge is 2.13. The van der Waals surface area contributed by atoms with Gasteiger partial charge < -0.3 is 4.57 Å². The van der Waals surface area contributed by atoms with Crippen molar-refractivity contribution < 1.29 is 0 Å². The summed E-state index contributed by atoms with van der Waals surface area (Å²) in [5.41, 5.74) is 2.07. The quantitative estimate of drug-likeness (QED) is 0.810. The summed E-state index contributed by atoms with van der Waals surface area (Å²) in [7, 11) is 0. The van der Waals surface area contributed by atoms with Crippen LogP contribution in [-0.2, 0) is 12.4 Å². The molecule has 6 heteroatoms. The Balaban J connectivity index is 1.78. The van der Waals surface area contributed by atoms with Gasteiger partial charge in [-0.3, -0.25) is 9.88 Å². The van der Waals surface area contributed by atoms with E-state index in [9.17, 15) is 0 Å². The molecule has 0 atom stereocenters. The number of fused-ring (bicyclic) bond motifs is 1. The van der Waals surface area contributed by atoms with Crippen LogP contribution in [0, 0.1) is 0 Å². The summed E-state index contributed by atoms with van der Waals surface area (Å²) >= 11 is 8.05. The molecule has 4 nitrogen and oxygen atoms in total. The Morgan fingerprint density at radius 2 is 2.11 bits per heavy atom. The van der Waals surface area contributed by atoms with Crippen LogP contribution in [0.4, 0.5) is 0 Å². The lowest BCUT2D eigenvalue weighted by atomic mass is 10.4. The second-order valence-electron chi connectivity index (χ2n) is 4.63. The topological polar surface area (TPSA) is 34.0 Å². The zero-order chi connectivity index (χ0) is 13.1. The van der Waals surface area contributed by atoms with Gasteiger partial charge in [-0.15, -0.1) is 11.6 Å². The maximum atomic E-state index is 6.00. The summed E-state index contributed by atoms with van der Waals surface area (Å²) in [5.74, 6) is 3.88. The number of nitrogens with zero attached hydrogens (tertiary/aromatic N) is 4. The number of thioether (sulfide) groups is 1. The Bertz CT molecular complexity index is 551. The number of halogens is 1. The van der Waals surface area contributed by atoms with E-state index in [0.29, 0.717) is 5.88 Å². The molecular weight excluding hydrogens is 280 g/mol. The number of pyridine rings is 1. The van der Waals surface area contributed by atoms with Gasteiger partial charge in [0, 0.05) is 43.9 Å². The van der Waals surface area contributed by atoms with Crippen molar-refractivity contribution in [2.75, 3.05) is 31.1 Å². The van der Waals surface area contributed by atoms with Crippen molar-refractivity contribution in [2.24, 2.45) is 0 Å². The van der Waals surface area contributed by atoms with Crippen molar-refractivity contribution in [3.8, 4) is 0 Å². The van der Waals surface area contributed by atoms with E-state index in [1.165, 1.54) is 24.6 Å². The second kappa shape index (κ2) is 6.11. The van der Waals surface area contributed by atoms with Gasteiger partial charge in [0.15, 0.2) is 0 Å². The third-order valence-electron chi connectivity index (χ3n) is 3.49. The average Bonchev–Trinajstić information content (AvgIpc) is 2.84. The van der Waals surface area contributed by atoms with E-state index in [1.54, 1.807) is 6.20 Å². The molecule has 0 spiro atoms. The lowest BCUT2D eigenvalue weighted by molar-refractivity contribution is 0.290. The van der Waals surface area contributed by atoms with Crippen LogP contribution in [0.5, 0.6) is 0 Å². The number of rotatable bonds is 4. The van der Waals surface area contributed by atoms with Gasteiger partial charge >= 0.3 is 0 Å². The number of imidazole rings is 1. The molecule has 0 radical (unpaired) electrons. The predicted octanol–water partition coefficient (Wildman–Crippen LogP) is 2.22. The molecule has 3 rings (SSSR count). The monoisotopic (exact) mass is 296 g/mol. The smallest absolute Gasteiger partial charge is 0.124 e. The summed E-state index contributed by atoms with van der Waals surface area (Å²) in [6.07, 6.45) is 3.62. The molecule has 1 fully saturated rings. The van der Waals surface area contributed by atoms with E-state index >= 15 is 0 Å². The molecule has 1 aliphatic rings. The Kier molecular flexibility index (Phi) is 4.25. The first-order valence-electron chi connectivity index (χ1n) is 6.53. The molecule has 0 N–H and O–H groups in total. The van der Waals surface area contributed by atoms with Crippen LogP contribution in [0.2, 0.25) is 0 Å². The molecule has 0 aliphatic carbocycles. The van der Waals surface area contributed by atoms with Crippen LogP contribution in [-0.4, -0.2) is 50.6 Å². The maximum absolute atomic E-state index is 6.00. The minimum atomic E-state index is 0.449. The summed E-state index contributed by atoms with van der Waals surface area (Å²) in [6, 6.07) is 2.02. The fourth-order valence-electron chi connectivity index (χ4n) is 2.45. The molecule has 19 heavy (non-hydrogen) atoms. The largest absolute Gasteiger partial charge is 0.326 e. The number of aromatic nitrogens is 3. The van der Waals surface area contributed by atoms with Crippen LogP contribution in [0.25, 0.3) is 11.0 Å². The summed E-state index contributed by atoms with van der Waals surface area (Å²) in [6.45, 7) is 4.40. The molecule has 0 unspecified atom stereocenters. The van der Waals surface area contributed by atoms with Crippen molar-refractivity contribution in [2.45, 2.75) is 12.4 Å². The van der Waals surface area contributed by atoms with Crippen molar-refractivity contribution in [1.82, 2.24) is 19.4 Å². The third kappa shape index (κ3) is 2.88. The molecule has 0 saturated carbocycles. The van der Waals surface area contributed by atoms with Gasteiger partial charge in [-0.2, -0.15) is 11.8 Å². The lowest BCUT2D eigenvalue weighted by Crippen LogP contribution is -2.35. The van der Waals surface area contributed by atoms with Gasteiger partial charge in [0.2, 0.25) is 0 Å². The van der Waals surface area contributed by atoms with E-state index in [1.807, 2.05) is 24.0 Å². The van der Waals surface area contributed by atoms with E-state index in [0.717, 1.165) is 29.9 Å². The summed E-state index contributed by atoms with van der Waals surface area (Å²) in [4.78, 5) is 11.2. The Morgan fingerprint density at radius 3 is 2.89 bits per heavy atom. The number of hydrogen-bond acceptors (Lipinski definition) is 4. The Morgan fingerprint density at radius 1 is 1.26 bits per heavy atom. The highest BCUT2D eigenvalue weighted by molar-refractivity contribution is 7.99. The summed E-state index contributed by atoms with van der Waals surface area (Å²) in [5, 5.41) is 0. The van der Waals surface area contributed by atoms with E-state index < -0.39 is 0 Å². The molecule has 0 amide bonds. The fourth-order valence-corrected chi connectivity index (χ4v) is 3.63. The molecule has 3 heterocycles. The van der Waals surface area contributed by atoms with Crippen LogP contribution in [0.15, 0.2) is 18.5 Å². The average molecular weight is 297 g/mol. The van der Waals surface area contributed by atoms with Gasteiger partial charge in [0.05, 0.1) is 17.6 Å². The molecule has 0 bridgehead atoms. The number of alkyl halides is 1. The van der Waals surface area contributed by atoms with Crippen molar-refractivity contribution in [3.63, 3.8) is 0 Å². The van der Waals surface area contributed by atoms with Crippen molar-refractivity contribution >= 4 is 34.4 Å². The molecule has 0 aromatic carbocycles. The molecule has 102 valence electrons. The van der Waals surface area contributed by atoms with Crippen molar-refractivity contribution in [1.29, 1.82) is 0 Å².